The molecule has 0 bridgehead atoms. The number of ether oxygens (including phenoxy) is 2. The predicted molar refractivity (Wildman–Crippen MR) is 51.1 cm³/mol. The van der Waals surface area contributed by atoms with Crippen LogP contribution in [0.4, 0.5) is 0 Å². The molecule has 0 aromatic carbocycles. The molecule has 0 saturated carbocycles. The van der Waals surface area contributed by atoms with Gasteiger partial charge in [0.05, 0.1) is 26.6 Å². The molecule has 0 aliphatic rings. The standard InChI is InChI=1S/C7H10N2O5S/c1-12-5-3-9-4-6(13-2)7(5)14-15(8,10)11/h3-4H,1-2H3,(H2,8,10,11). The van der Waals surface area contributed by atoms with Gasteiger partial charge in [-0.25, -0.2) is 0 Å². The van der Waals surface area contributed by atoms with E-state index >= 15 is 0 Å². The second kappa shape index (κ2) is 4.32. The minimum atomic E-state index is -4.13. The van der Waals surface area contributed by atoms with Crippen LogP contribution < -0.4 is 18.8 Å². The highest BCUT2D eigenvalue weighted by atomic mass is 32.2. The van der Waals surface area contributed by atoms with E-state index in [9.17, 15) is 8.42 Å². The van der Waals surface area contributed by atoms with Gasteiger partial charge >= 0.3 is 10.3 Å². The summed E-state index contributed by atoms with van der Waals surface area (Å²) in [7, 11) is -1.45. The topological polar surface area (TPSA) is 101 Å². The highest BCUT2D eigenvalue weighted by Gasteiger charge is 2.17. The van der Waals surface area contributed by atoms with Crippen molar-refractivity contribution in [2.75, 3.05) is 14.2 Å². The van der Waals surface area contributed by atoms with Gasteiger partial charge in [-0.3, -0.25) is 4.98 Å². The Hall–Kier alpha value is -1.54. The summed E-state index contributed by atoms with van der Waals surface area (Å²) in [5.41, 5.74) is 0. The Morgan fingerprint density at radius 1 is 1.20 bits per heavy atom. The van der Waals surface area contributed by atoms with Crippen LogP contribution in [0.25, 0.3) is 0 Å². The molecular weight excluding hydrogens is 224 g/mol. The molecule has 8 heteroatoms. The lowest BCUT2D eigenvalue weighted by atomic mass is 10.4. The zero-order valence-electron chi connectivity index (χ0n) is 8.13. The van der Waals surface area contributed by atoms with E-state index in [0.717, 1.165) is 0 Å². The van der Waals surface area contributed by atoms with E-state index in [1.807, 2.05) is 0 Å². The molecule has 0 aliphatic carbocycles. The van der Waals surface area contributed by atoms with E-state index in [4.69, 9.17) is 14.6 Å². The Labute approximate surface area is 87.0 Å². The zero-order valence-corrected chi connectivity index (χ0v) is 8.95. The molecule has 7 nitrogen and oxygen atoms in total. The fourth-order valence-electron chi connectivity index (χ4n) is 0.900. The number of nitrogens with zero attached hydrogens (tertiary/aromatic N) is 1. The Bertz CT molecular complexity index is 422. The lowest BCUT2D eigenvalue weighted by Gasteiger charge is -2.10. The van der Waals surface area contributed by atoms with Crippen LogP contribution in [-0.2, 0) is 10.3 Å². The summed E-state index contributed by atoms with van der Waals surface area (Å²) in [5.74, 6) is 0.101. The molecule has 1 aromatic heterocycles. The van der Waals surface area contributed by atoms with Crippen LogP contribution in [0, 0.1) is 0 Å². The fraction of sp³-hybridized carbons (Fsp3) is 0.286. The minimum absolute atomic E-state index is 0.114. The van der Waals surface area contributed by atoms with Gasteiger partial charge in [-0.1, -0.05) is 0 Å². The lowest BCUT2D eigenvalue weighted by Crippen LogP contribution is -2.19. The molecule has 1 rings (SSSR count). The van der Waals surface area contributed by atoms with Crippen LogP contribution in [0.3, 0.4) is 0 Å². The van der Waals surface area contributed by atoms with E-state index in [1.54, 1.807) is 0 Å². The van der Waals surface area contributed by atoms with Gasteiger partial charge in [0.2, 0.25) is 5.75 Å². The smallest absolute Gasteiger partial charge is 0.380 e. The molecule has 0 saturated heterocycles. The molecule has 0 unspecified atom stereocenters. The number of hydrogen-bond acceptors (Lipinski definition) is 6. The Kier molecular flexibility index (Phi) is 3.32. The first kappa shape index (κ1) is 11.5. The third-order valence-corrected chi connectivity index (χ3v) is 1.87. The monoisotopic (exact) mass is 234 g/mol. The van der Waals surface area contributed by atoms with Crippen LogP contribution in [0.5, 0.6) is 17.2 Å². The van der Waals surface area contributed by atoms with Crippen LogP contribution in [0.15, 0.2) is 12.4 Å². The van der Waals surface area contributed by atoms with Crippen molar-refractivity contribution in [3.05, 3.63) is 12.4 Å². The Morgan fingerprint density at radius 3 is 2.00 bits per heavy atom. The molecule has 1 heterocycles. The zero-order chi connectivity index (χ0) is 11.5. The summed E-state index contributed by atoms with van der Waals surface area (Å²) < 4.78 is 35.7. The average Bonchev–Trinajstić information content (AvgIpc) is 2.16. The summed E-state index contributed by atoms with van der Waals surface area (Å²) in [6.45, 7) is 0. The van der Waals surface area contributed by atoms with Crippen LogP contribution >= 0.6 is 0 Å². The van der Waals surface area contributed by atoms with Crippen molar-refractivity contribution in [1.82, 2.24) is 4.98 Å². The van der Waals surface area contributed by atoms with Crippen molar-refractivity contribution >= 4 is 10.3 Å². The SMILES string of the molecule is COc1cncc(OC)c1OS(N)(=O)=O. The van der Waals surface area contributed by atoms with Gasteiger partial charge in [0.1, 0.15) is 0 Å². The van der Waals surface area contributed by atoms with Crippen LogP contribution in [0.2, 0.25) is 0 Å². The van der Waals surface area contributed by atoms with Gasteiger partial charge in [-0.05, 0) is 0 Å². The third kappa shape index (κ3) is 2.96. The van der Waals surface area contributed by atoms with Crippen molar-refractivity contribution in [2.45, 2.75) is 0 Å². The third-order valence-electron chi connectivity index (χ3n) is 1.47. The molecule has 1 aromatic rings. The summed E-state index contributed by atoms with van der Waals surface area (Å²) in [5, 5.41) is 4.73. The fourth-order valence-corrected chi connectivity index (χ4v) is 1.30. The number of methoxy groups -OCH3 is 2. The molecular formula is C7H10N2O5S. The minimum Gasteiger partial charge on any atom is -0.491 e. The largest absolute Gasteiger partial charge is 0.491 e. The lowest BCUT2D eigenvalue weighted by molar-refractivity contribution is 0.357. The van der Waals surface area contributed by atoms with E-state index in [0.29, 0.717) is 0 Å². The molecule has 0 fully saturated rings. The summed E-state index contributed by atoms with van der Waals surface area (Å²) in [6, 6.07) is 0. The predicted octanol–water partition coefficient (Wildman–Crippen LogP) is -0.319. The Balaban J connectivity index is 3.22. The van der Waals surface area contributed by atoms with Crippen molar-refractivity contribution in [1.29, 1.82) is 0 Å². The molecule has 0 amide bonds. The second-order valence-corrected chi connectivity index (χ2v) is 3.60. The maximum absolute atomic E-state index is 10.8. The van der Waals surface area contributed by atoms with Gasteiger partial charge in [0, 0.05) is 0 Å². The molecule has 0 radical (unpaired) electrons. The number of nitrogens with two attached hydrogens (primary N) is 1. The summed E-state index contributed by atoms with van der Waals surface area (Å²) in [4.78, 5) is 3.75. The first-order valence-electron chi connectivity index (χ1n) is 3.76. The molecule has 0 spiro atoms. The maximum atomic E-state index is 10.8. The molecule has 0 atom stereocenters. The van der Waals surface area contributed by atoms with Gasteiger partial charge in [0.15, 0.2) is 11.5 Å². The van der Waals surface area contributed by atoms with Gasteiger partial charge < -0.3 is 13.7 Å². The summed E-state index contributed by atoms with van der Waals surface area (Å²) in [6.07, 6.45) is 2.56. The van der Waals surface area contributed by atoms with Gasteiger partial charge in [-0.2, -0.15) is 13.6 Å². The number of aromatic nitrogens is 1. The normalized spacial score (nSPS) is 10.9. The van der Waals surface area contributed by atoms with Crippen LogP contribution in [-0.4, -0.2) is 27.6 Å². The van der Waals surface area contributed by atoms with E-state index in [-0.39, 0.29) is 17.2 Å². The van der Waals surface area contributed by atoms with E-state index < -0.39 is 10.3 Å². The van der Waals surface area contributed by atoms with Crippen molar-refractivity contribution < 1.29 is 22.1 Å². The number of rotatable bonds is 4. The first-order valence-corrected chi connectivity index (χ1v) is 5.23. The quantitative estimate of drug-likeness (QED) is 0.766. The van der Waals surface area contributed by atoms with Crippen molar-refractivity contribution in [2.24, 2.45) is 5.14 Å². The van der Waals surface area contributed by atoms with E-state index in [1.165, 1.54) is 26.6 Å². The molecule has 0 aliphatic heterocycles. The van der Waals surface area contributed by atoms with Crippen molar-refractivity contribution in [3.8, 4) is 17.2 Å². The number of hydrogen-bond donors (Lipinski definition) is 1. The van der Waals surface area contributed by atoms with Gasteiger partial charge in [-0.15, -0.1) is 0 Å². The van der Waals surface area contributed by atoms with E-state index in [2.05, 4.69) is 9.17 Å². The van der Waals surface area contributed by atoms with Crippen molar-refractivity contribution in [3.63, 3.8) is 0 Å². The molecule has 2 N–H and O–H groups in total. The molecule has 15 heavy (non-hydrogen) atoms. The maximum Gasteiger partial charge on any atom is 0.380 e. The van der Waals surface area contributed by atoms with Crippen LogP contribution in [0.1, 0.15) is 0 Å². The molecule has 84 valence electrons. The highest BCUT2D eigenvalue weighted by molar-refractivity contribution is 7.84. The Morgan fingerprint density at radius 2 is 1.67 bits per heavy atom. The highest BCUT2D eigenvalue weighted by Crippen LogP contribution is 2.36. The number of pyridine rings is 1. The average molecular weight is 234 g/mol. The first-order chi connectivity index (χ1) is 6.98. The second-order valence-electron chi connectivity index (χ2n) is 2.45. The van der Waals surface area contributed by atoms with Gasteiger partial charge in [0.25, 0.3) is 0 Å². The summed E-state index contributed by atoms with van der Waals surface area (Å²) >= 11 is 0.